The van der Waals surface area contributed by atoms with Crippen molar-refractivity contribution in [3.8, 4) is 0 Å². The first kappa shape index (κ1) is 9.05. The van der Waals surface area contributed by atoms with Gasteiger partial charge in [0, 0.05) is 6.04 Å². The fourth-order valence-corrected chi connectivity index (χ4v) is 2.85. The summed E-state index contributed by atoms with van der Waals surface area (Å²) in [4.78, 5) is 0. The molecule has 1 nitrogen and oxygen atoms in total. The minimum Gasteiger partial charge on any atom is -0.316 e. The molecule has 1 aliphatic rings. The molecule has 2 atom stereocenters. The van der Waals surface area contributed by atoms with Crippen molar-refractivity contribution in [1.29, 1.82) is 0 Å². The predicted molar refractivity (Wildman–Crippen MR) is 49.6 cm³/mol. The van der Waals surface area contributed by atoms with E-state index < -0.39 is 0 Å². The van der Waals surface area contributed by atoms with Crippen molar-refractivity contribution >= 4 is 0 Å². The Kier molecular flexibility index (Phi) is 2.58. The first-order valence-electron chi connectivity index (χ1n) is 4.88. The van der Waals surface area contributed by atoms with Crippen molar-refractivity contribution in [2.24, 2.45) is 11.3 Å². The summed E-state index contributed by atoms with van der Waals surface area (Å²) in [7, 11) is 2.09. The van der Waals surface area contributed by atoms with Gasteiger partial charge in [0.05, 0.1) is 0 Å². The average molecular weight is 155 g/mol. The van der Waals surface area contributed by atoms with Crippen LogP contribution in [0.5, 0.6) is 0 Å². The smallest absolute Gasteiger partial charge is 0.0126 e. The fourth-order valence-electron chi connectivity index (χ4n) is 2.85. The Hall–Kier alpha value is -0.0400. The van der Waals surface area contributed by atoms with Crippen LogP contribution in [0.25, 0.3) is 0 Å². The molecule has 0 amide bonds. The van der Waals surface area contributed by atoms with Crippen LogP contribution in [0, 0.1) is 11.3 Å². The molecule has 0 aromatic rings. The minimum absolute atomic E-state index is 0.620. The maximum absolute atomic E-state index is 3.42. The van der Waals surface area contributed by atoms with Crippen LogP contribution in [0.2, 0.25) is 0 Å². The fraction of sp³-hybridized carbons (Fsp3) is 1.00. The highest BCUT2D eigenvalue weighted by Crippen LogP contribution is 2.51. The molecule has 1 fully saturated rings. The summed E-state index contributed by atoms with van der Waals surface area (Å²) in [5.41, 5.74) is 0.620. The molecule has 11 heavy (non-hydrogen) atoms. The van der Waals surface area contributed by atoms with E-state index in [0.29, 0.717) is 5.41 Å². The van der Waals surface area contributed by atoms with Gasteiger partial charge >= 0.3 is 0 Å². The summed E-state index contributed by atoms with van der Waals surface area (Å²) in [6.07, 6.45) is 4.03. The van der Waals surface area contributed by atoms with Crippen LogP contribution in [-0.4, -0.2) is 13.1 Å². The largest absolute Gasteiger partial charge is 0.316 e. The van der Waals surface area contributed by atoms with Gasteiger partial charge in [-0.25, -0.2) is 0 Å². The van der Waals surface area contributed by atoms with E-state index in [1.807, 2.05) is 0 Å². The van der Waals surface area contributed by atoms with Crippen molar-refractivity contribution in [3.63, 3.8) is 0 Å². The van der Waals surface area contributed by atoms with E-state index >= 15 is 0 Å². The zero-order chi connectivity index (χ0) is 8.48. The van der Waals surface area contributed by atoms with Crippen molar-refractivity contribution in [1.82, 2.24) is 5.32 Å². The molecular weight excluding hydrogens is 134 g/mol. The van der Waals surface area contributed by atoms with E-state index in [9.17, 15) is 0 Å². The van der Waals surface area contributed by atoms with E-state index in [1.165, 1.54) is 19.3 Å². The van der Waals surface area contributed by atoms with Gasteiger partial charge in [0.1, 0.15) is 0 Å². The maximum Gasteiger partial charge on any atom is 0.0126 e. The molecule has 1 saturated carbocycles. The first-order chi connectivity index (χ1) is 5.21. The molecule has 1 N–H and O–H groups in total. The van der Waals surface area contributed by atoms with Crippen molar-refractivity contribution in [3.05, 3.63) is 0 Å². The van der Waals surface area contributed by atoms with E-state index in [-0.39, 0.29) is 0 Å². The second kappa shape index (κ2) is 3.14. The summed E-state index contributed by atoms with van der Waals surface area (Å²) in [5.74, 6) is 0.926. The predicted octanol–water partition coefficient (Wildman–Crippen LogP) is 2.42. The Bertz CT molecular complexity index is 127. The van der Waals surface area contributed by atoms with E-state index in [4.69, 9.17) is 0 Å². The van der Waals surface area contributed by atoms with Crippen molar-refractivity contribution < 1.29 is 0 Å². The molecule has 0 saturated heterocycles. The summed E-state index contributed by atoms with van der Waals surface area (Å²) in [6, 6.07) is 0.785. The van der Waals surface area contributed by atoms with Crippen LogP contribution >= 0.6 is 0 Å². The van der Waals surface area contributed by atoms with E-state index in [0.717, 1.165) is 12.0 Å². The molecule has 0 spiro atoms. The summed E-state index contributed by atoms with van der Waals surface area (Å²) in [5, 5.41) is 3.42. The van der Waals surface area contributed by atoms with Gasteiger partial charge < -0.3 is 5.32 Å². The zero-order valence-electron chi connectivity index (χ0n) is 8.28. The lowest BCUT2D eigenvalue weighted by atomic mass is 9.54. The quantitative estimate of drug-likeness (QED) is 0.660. The lowest BCUT2D eigenvalue weighted by molar-refractivity contribution is -0.0139. The highest BCUT2D eigenvalue weighted by Gasteiger charge is 2.48. The molecule has 0 aromatic carbocycles. The highest BCUT2D eigenvalue weighted by molar-refractivity contribution is 5.02. The molecule has 1 heteroatoms. The number of nitrogens with one attached hydrogen (secondary N) is 1. The summed E-state index contributed by atoms with van der Waals surface area (Å²) in [6.45, 7) is 7.04. The van der Waals surface area contributed by atoms with Crippen LogP contribution in [0.3, 0.4) is 0 Å². The van der Waals surface area contributed by atoms with Crippen LogP contribution in [0.4, 0.5) is 0 Å². The molecule has 0 radical (unpaired) electrons. The SMILES string of the molecule is CCC1(CC)C(C)CC1NC. The Morgan fingerprint density at radius 3 is 2.09 bits per heavy atom. The monoisotopic (exact) mass is 155 g/mol. The molecule has 66 valence electrons. The molecule has 0 aromatic heterocycles. The maximum atomic E-state index is 3.42. The third-order valence-corrected chi connectivity index (χ3v) is 3.93. The topological polar surface area (TPSA) is 12.0 Å². The molecular formula is C10H21N. The number of hydrogen-bond acceptors (Lipinski definition) is 1. The van der Waals surface area contributed by atoms with E-state index in [2.05, 4.69) is 33.1 Å². The molecule has 2 unspecified atom stereocenters. The van der Waals surface area contributed by atoms with Crippen LogP contribution < -0.4 is 5.32 Å². The first-order valence-corrected chi connectivity index (χ1v) is 4.88. The number of rotatable bonds is 3. The van der Waals surface area contributed by atoms with Crippen molar-refractivity contribution in [2.75, 3.05) is 7.05 Å². The second-order valence-electron chi connectivity index (χ2n) is 3.92. The zero-order valence-corrected chi connectivity index (χ0v) is 8.28. The third-order valence-electron chi connectivity index (χ3n) is 3.93. The average Bonchev–Trinajstić information content (AvgIpc) is 2.02. The van der Waals surface area contributed by atoms with Gasteiger partial charge in [-0.3, -0.25) is 0 Å². The molecule has 1 aliphatic carbocycles. The van der Waals surface area contributed by atoms with Gasteiger partial charge in [-0.05, 0) is 37.6 Å². The van der Waals surface area contributed by atoms with Gasteiger partial charge in [0.2, 0.25) is 0 Å². The lowest BCUT2D eigenvalue weighted by Crippen LogP contribution is -2.57. The van der Waals surface area contributed by atoms with Gasteiger partial charge in [0.25, 0.3) is 0 Å². The van der Waals surface area contributed by atoms with Gasteiger partial charge in [0.15, 0.2) is 0 Å². The lowest BCUT2D eigenvalue weighted by Gasteiger charge is -2.55. The standard InChI is InChI=1S/C10H21N/c1-5-10(6-2)8(3)7-9(10)11-4/h8-9,11H,5-7H2,1-4H3. The minimum atomic E-state index is 0.620. The molecule has 0 bridgehead atoms. The van der Waals surface area contributed by atoms with Gasteiger partial charge in [-0.2, -0.15) is 0 Å². The van der Waals surface area contributed by atoms with Gasteiger partial charge in [-0.15, -0.1) is 0 Å². The second-order valence-corrected chi connectivity index (χ2v) is 3.92. The molecule has 0 heterocycles. The Labute approximate surface area is 70.6 Å². The molecule has 1 rings (SSSR count). The van der Waals surface area contributed by atoms with Gasteiger partial charge in [-0.1, -0.05) is 20.8 Å². The van der Waals surface area contributed by atoms with Crippen LogP contribution in [0.1, 0.15) is 40.0 Å². The van der Waals surface area contributed by atoms with Crippen LogP contribution in [-0.2, 0) is 0 Å². The normalized spacial score (nSPS) is 34.9. The van der Waals surface area contributed by atoms with Crippen LogP contribution in [0.15, 0.2) is 0 Å². The van der Waals surface area contributed by atoms with E-state index in [1.54, 1.807) is 0 Å². The summed E-state index contributed by atoms with van der Waals surface area (Å²) >= 11 is 0. The Balaban J connectivity index is 2.62. The molecule has 0 aliphatic heterocycles. The highest BCUT2D eigenvalue weighted by atomic mass is 14.9. The Morgan fingerprint density at radius 1 is 1.36 bits per heavy atom. The summed E-state index contributed by atoms with van der Waals surface area (Å²) < 4.78 is 0. The Morgan fingerprint density at radius 2 is 1.91 bits per heavy atom. The third kappa shape index (κ3) is 1.10. The van der Waals surface area contributed by atoms with Crippen molar-refractivity contribution in [2.45, 2.75) is 46.1 Å². The number of hydrogen-bond donors (Lipinski definition) is 1.